The number of hydrogen-bond donors (Lipinski definition) is 0. The Bertz CT molecular complexity index is 827. The van der Waals surface area contributed by atoms with Gasteiger partial charge in [0.15, 0.2) is 5.82 Å². The molecule has 3 rings (SSSR count). The molecular weight excluding hydrogens is 270 g/mol. The lowest BCUT2D eigenvalue weighted by molar-refractivity contribution is 1.06. The Balaban J connectivity index is 2.33. The van der Waals surface area contributed by atoms with Crippen LogP contribution < -0.4 is 4.90 Å². The van der Waals surface area contributed by atoms with Crippen LogP contribution in [0.4, 0.5) is 5.82 Å². The highest BCUT2D eigenvalue weighted by atomic mass is 15.2. The molecule has 0 saturated heterocycles. The van der Waals surface area contributed by atoms with Crippen molar-refractivity contribution in [2.75, 3.05) is 19.0 Å². The van der Waals surface area contributed by atoms with Crippen LogP contribution in [0.5, 0.6) is 0 Å². The SMILES string of the molecule is Cc1cc(C)c(-c2nc(N(C)C)c3ccccc3n2)c(C)c1. The molecule has 112 valence electrons. The maximum absolute atomic E-state index is 4.84. The summed E-state index contributed by atoms with van der Waals surface area (Å²) in [7, 11) is 4.04. The first-order valence-electron chi connectivity index (χ1n) is 7.49. The van der Waals surface area contributed by atoms with Gasteiger partial charge < -0.3 is 4.90 Å². The minimum absolute atomic E-state index is 0.803. The number of anilines is 1. The van der Waals surface area contributed by atoms with Crippen LogP contribution in [-0.4, -0.2) is 24.1 Å². The van der Waals surface area contributed by atoms with Gasteiger partial charge >= 0.3 is 0 Å². The molecule has 0 fully saturated rings. The second-order valence-corrected chi connectivity index (χ2v) is 6.06. The zero-order chi connectivity index (χ0) is 15.9. The summed E-state index contributed by atoms with van der Waals surface area (Å²) in [5, 5.41) is 1.08. The summed E-state index contributed by atoms with van der Waals surface area (Å²) in [6.45, 7) is 6.38. The van der Waals surface area contributed by atoms with Crippen molar-refractivity contribution in [2.24, 2.45) is 0 Å². The number of benzene rings is 2. The fourth-order valence-corrected chi connectivity index (χ4v) is 3.05. The summed E-state index contributed by atoms with van der Waals surface area (Å²) in [5.41, 5.74) is 5.83. The summed E-state index contributed by atoms with van der Waals surface area (Å²) < 4.78 is 0. The van der Waals surface area contributed by atoms with Crippen molar-refractivity contribution in [3.63, 3.8) is 0 Å². The molecule has 0 unspecified atom stereocenters. The van der Waals surface area contributed by atoms with E-state index in [1.54, 1.807) is 0 Å². The van der Waals surface area contributed by atoms with Crippen LogP contribution in [0.15, 0.2) is 36.4 Å². The Morgan fingerprint density at radius 1 is 0.864 bits per heavy atom. The maximum atomic E-state index is 4.84. The van der Waals surface area contributed by atoms with E-state index >= 15 is 0 Å². The van der Waals surface area contributed by atoms with Gasteiger partial charge in [-0.3, -0.25) is 0 Å². The first kappa shape index (κ1) is 14.5. The normalized spacial score (nSPS) is 11.0. The van der Waals surface area contributed by atoms with Gasteiger partial charge in [0, 0.05) is 25.0 Å². The Labute approximate surface area is 131 Å². The molecule has 0 saturated carbocycles. The monoisotopic (exact) mass is 291 g/mol. The van der Waals surface area contributed by atoms with Crippen LogP contribution >= 0.6 is 0 Å². The number of fused-ring (bicyclic) bond motifs is 1. The van der Waals surface area contributed by atoms with Crippen molar-refractivity contribution >= 4 is 16.7 Å². The van der Waals surface area contributed by atoms with Crippen molar-refractivity contribution in [1.82, 2.24) is 9.97 Å². The van der Waals surface area contributed by atoms with Crippen LogP contribution in [0.3, 0.4) is 0 Å². The summed E-state index contributed by atoms with van der Waals surface area (Å²) in [6, 6.07) is 12.6. The van der Waals surface area contributed by atoms with Gasteiger partial charge in [-0.2, -0.15) is 0 Å². The fraction of sp³-hybridized carbons (Fsp3) is 0.263. The van der Waals surface area contributed by atoms with Crippen LogP contribution in [-0.2, 0) is 0 Å². The van der Waals surface area contributed by atoms with Crippen molar-refractivity contribution in [1.29, 1.82) is 0 Å². The molecule has 0 radical (unpaired) electrons. The van der Waals surface area contributed by atoms with E-state index < -0.39 is 0 Å². The molecule has 22 heavy (non-hydrogen) atoms. The molecule has 0 aliphatic rings. The molecule has 0 spiro atoms. The van der Waals surface area contributed by atoms with E-state index in [0.717, 1.165) is 28.1 Å². The van der Waals surface area contributed by atoms with Crippen LogP contribution in [0.25, 0.3) is 22.3 Å². The van der Waals surface area contributed by atoms with E-state index in [2.05, 4.69) is 39.0 Å². The number of aromatic nitrogens is 2. The smallest absolute Gasteiger partial charge is 0.162 e. The van der Waals surface area contributed by atoms with Gasteiger partial charge in [0.05, 0.1) is 5.52 Å². The topological polar surface area (TPSA) is 29.0 Å². The van der Waals surface area contributed by atoms with E-state index in [4.69, 9.17) is 9.97 Å². The third kappa shape index (κ3) is 2.43. The van der Waals surface area contributed by atoms with Gasteiger partial charge in [-0.15, -0.1) is 0 Å². The van der Waals surface area contributed by atoms with E-state index in [0.29, 0.717) is 0 Å². The Hall–Kier alpha value is -2.42. The van der Waals surface area contributed by atoms with Crippen molar-refractivity contribution < 1.29 is 0 Å². The zero-order valence-electron chi connectivity index (χ0n) is 13.8. The van der Waals surface area contributed by atoms with Gasteiger partial charge in [-0.25, -0.2) is 9.97 Å². The standard InChI is InChI=1S/C19H21N3/c1-12-10-13(2)17(14(3)11-12)18-20-16-9-7-6-8-15(16)19(21-18)22(4)5/h6-11H,1-5H3. The lowest BCUT2D eigenvalue weighted by Crippen LogP contribution is -2.12. The largest absolute Gasteiger partial charge is 0.362 e. The van der Waals surface area contributed by atoms with Crippen molar-refractivity contribution in [2.45, 2.75) is 20.8 Å². The number of aryl methyl sites for hydroxylation is 3. The summed E-state index contributed by atoms with van der Waals surface area (Å²) in [5.74, 6) is 1.76. The molecule has 0 aliphatic heterocycles. The minimum Gasteiger partial charge on any atom is -0.362 e. The average molecular weight is 291 g/mol. The minimum atomic E-state index is 0.803. The van der Waals surface area contributed by atoms with E-state index in [-0.39, 0.29) is 0 Å². The van der Waals surface area contributed by atoms with Gasteiger partial charge in [0.25, 0.3) is 0 Å². The van der Waals surface area contributed by atoms with Crippen LogP contribution in [0.1, 0.15) is 16.7 Å². The highest BCUT2D eigenvalue weighted by molar-refractivity contribution is 5.91. The lowest BCUT2D eigenvalue weighted by Gasteiger charge is -2.17. The number of nitrogens with zero attached hydrogens (tertiary/aromatic N) is 3. The maximum Gasteiger partial charge on any atom is 0.162 e. The van der Waals surface area contributed by atoms with Crippen LogP contribution in [0.2, 0.25) is 0 Å². The lowest BCUT2D eigenvalue weighted by atomic mass is 9.99. The highest BCUT2D eigenvalue weighted by Gasteiger charge is 2.14. The highest BCUT2D eigenvalue weighted by Crippen LogP contribution is 2.30. The Morgan fingerprint density at radius 3 is 2.14 bits per heavy atom. The molecule has 0 aliphatic carbocycles. The molecule has 3 heteroatoms. The quantitative estimate of drug-likeness (QED) is 0.705. The first-order valence-corrected chi connectivity index (χ1v) is 7.49. The van der Waals surface area contributed by atoms with Crippen LogP contribution in [0, 0.1) is 20.8 Å². The summed E-state index contributed by atoms with van der Waals surface area (Å²) in [6.07, 6.45) is 0. The fourth-order valence-electron chi connectivity index (χ4n) is 3.05. The molecule has 0 bridgehead atoms. The van der Waals surface area contributed by atoms with E-state index in [1.807, 2.05) is 37.2 Å². The predicted octanol–water partition coefficient (Wildman–Crippen LogP) is 4.29. The van der Waals surface area contributed by atoms with Crippen molar-refractivity contribution in [3.8, 4) is 11.4 Å². The zero-order valence-corrected chi connectivity index (χ0v) is 13.8. The molecule has 3 nitrogen and oxygen atoms in total. The third-order valence-corrected chi connectivity index (χ3v) is 3.91. The molecule has 1 heterocycles. The molecule has 0 atom stereocenters. The summed E-state index contributed by atoms with van der Waals surface area (Å²) >= 11 is 0. The molecule has 0 N–H and O–H groups in total. The second kappa shape index (κ2) is 5.41. The Kier molecular flexibility index (Phi) is 3.57. The van der Waals surface area contributed by atoms with Gasteiger partial charge in [0.2, 0.25) is 0 Å². The third-order valence-electron chi connectivity index (χ3n) is 3.91. The molecule has 1 aromatic heterocycles. The van der Waals surface area contributed by atoms with Crippen molar-refractivity contribution in [3.05, 3.63) is 53.1 Å². The van der Waals surface area contributed by atoms with Gasteiger partial charge in [0.1, 0.15) is 5.82 Å². The van der Waals surface area contributed by atoms with E-state index in [9.17, 15) is 0 Å². The number of para-hydroxylation sites is 1. The van der Waals surface area contributed by atoms with E-state index in [1.165, 1.54) is 16.7 Å². The molecular formula is C19H21N3. The van der Waals surface area contributed by atoms with Gasteiger partial charge in [-0.1, -0.05) is 29.8 Å². The second-order valence-electron chi connectivity index (χ2n) is 6.06. The average Bonchev–Trinajstić information content (AvgIpc) is 2.45. The first-order chi connectivity index (χ1) is 10.5. The van der Waals surface area contributed by atoms with Gasteiger partial charge in [-0.05, 0) is 44.0 Å². The molecule has 3 aromatic rings. The predicted molar refractivity (Wildman–Crippen MR) is 93.5 cm³/mol. The Morgan fingerprint density at radius 2 is 1.50 bits per heavy atom. The summed E-state index contributed by atoms with van der Waals surface area (Å²) in [4.78, 5) is 11.7. The number of rotatable bonds is 2. The molecule has 0 amide bonds. The number of hydrogen-bond acceptors (Lipinski definition) is 3. The molecule has 2 aromatic carbocycles.